The van der Waals surface area contributed by atoms with E-state index in [1.807, 2.05) is 37.3 Å². The molecule has 2 rings (SSSR count). The zero-order valence-corrected chi connectivity index (χ0v) is 14.7. The number of amides is 2. The monoisotopic (exact) mass is 316 g/mol. The van der Waals surface area contributed by atoms with Crippen molar-refractivity contribution >= 4 is 11.8 Å². The maximum absolute atomic E-state index is 12.5. The zero-order chi connectivity index (χ0) is 17.1. The number of benzene rings is 1. The molecule has 1 aliphatic rings. The lowest BCUT2D eigenvalue weighted by molar-refractivity contribution is -0.157. The molecule has 126 valence electrons. The highest BCUT2D eigenvalue weighted by Crippen LogP contribution is 2.31. The summed E-state index contributed by atoms with van der Waals surface area (Å²) in [7, 11) is 0. The molecule has 0 radical (unpaired) electrons. The lowest BCUT2D eigenvalue weighted by atomic mass is 9.84. The Morgan fingerprint density at radius 2 is 1.87 bits per heavy atom. The minimum Gasteiger partial charge on any atom is -0.354 e. The van der Waals surface area contributed by atoms with Gasteiger partial charge in [0.2, 0.25) is 11.8 Å². The molecule has 0 spiro atoms. The lowest BCUT2D eigenvalue weighted by Crippen LogP contribution is -2.67. The quantitative estimate of drug-likeness (QED) is 0.908. The molecule has 23 heavy (non-hydrogen) atoms. The topological polar surface area (TPSA) is 49.4 Å². The van der Waals surface area contributed by atoms with Crippen LogP contribution in [-0.2, 0) is 16.0 Å². The van der Waals surface area contributed by atoms with Crippen LogP contribution in [0.2, 0.25) is 0 Å². The molecule has 0 bridgehead atoms. The van der Waals surface area contributed by atoms with E-state index in [9.17, 15) is 9.59 Å². The van der Waals surface area contributed by atoms with E-state index in [1.165, 1.54) is 0 Å². The van der Waals surface area contributed by atoms with Gasteiger partial charge in [0.1, 0.15) is 5.54 Å². The first-order valence-electron chi connectivity index (χ1n) is 8.35. The van der Waals surface area contributed by atoms with E-state index in [0.717, 1.165) is 18.4 Å². The standard InChI is InChI=1S/C19H28N2O2/c1-18(2,3)14-20-17(23)19(4)12-13-21(19)16(22)11-10-15-8-6-5-7-9-15/h5-9H,10-14H2,1-4H3,(H,20,23). The molecule has 1 aliphatic heterocycles. The smallest absolute Gasteiger partial charge is 0.245 e. The number of likely N-dealkylation sites (tertiary alicyclic amines) is 1. The second-order valence-corrected chi connectivity index (χ2v) is 7.80. The summed E-state index contributed by atoms with van der Waals surface area (Å²) in [5.41, 5.74) is 0.511. The number of carbonyl (C=O) groups is 2. The molecule has 1 fully saturated rings. The molecule has 1 aromatic rings. The fourth-order valence-electron chi connectivity index (χ4n) is 2.76. The summed E-state index contributed by atoms with van der Waals surface area (Å²) in [5, 5.41) is 2.99. The van der Waals surface area contributed by atoms with E-state index >= 15 is 0 Å². The van der Waals surface area contributed by atoms with E-state index in [1.54, 1.807) is 4.90 Å². The molecule has 0 saturated carbocycles. The number of hydrogen-bond acceptors (Lipinski definition) is 2. The van der Waals surface area contributed by atoms with Gasteiger partial charge in [0.25, 0.3) is 0 Å². The molecule has 1 saturated heterocycles. The molecule has 4 nitrogen and oxygen atoms in total. The van der Waals surface area contributed by atoms with Crippen LogP contribution in [0.15, 0.2) is 30.3 Å². The van der Waals surface area contributed by atoms with Crippen molar-refractivity contribution < 1.29 is 9.59 Å². The minimum absolute atomic E-state index is 0.0354. The number of aryl methyl sites for hydroxylation is 1. The highest BCUT2D eigenvalue weighted by atomic mass is 16.2. The van der Waals surface area contributed by atoms with Gasteiger partial charge in [-0.1, -0.05) is 51.1 Å². The summed E-state index contributed by atoms with van der Waals surface area (Å²) < 4.78 is 0. The van der Waals surface area contributed by atoms with Crippen molar-refractivity contribution in [3.63, 3.8) is 0 Å². The van der Waals surface area contributed by atoms with Gasteiger partial charge in [-0.25, -0.2) is 0 Å². The predicted octanol–water partition coefficient (Wildman–Crippen LogP) is 2.77. The van der Waals surface area contributed by atoms with Crippen LogP contribution < -0.4 is 5.32 Å². The Morgan fingerprint density at radius 3 is 2.39 bits per heavy atom. The molecule has 0 aromatic heterocycles. The van der Waals surface area contributed by atoms with Gasteiger partial charge in [0.15, 0.2) is 0 Å². The number of nitrogens with zero attached hydrogens (tertiary/aromatic N) is 1. The van der Waals surface area contributed by atoms with Gasteiger partial charge >= 0.3 is 0 Å². The predicted molar refractivity (Wildman–Crippen MR) is 92.0 cm³/mol. The summed E-state index contributed by atoms with van der Waals surface area (Å²) in [6, 6.07) is 9.98. The molecular formula is C19H28N2O2. The molecule has 1 aromatic carbocycles. The van der Waals surface area contributed by atoms with Crippen molar-refractivity contribution in [1.29, 1.82) is 0 Å². The van der Waals surface area contributed by atoms with E-state index in [4.69, 9.17) is 0 Å². The third-order valence-electron chi connectivity index (χ3n) is 4.46. The fraction of sp³-hybridized carbons (Fsp3) is 0.579. The third kappa shape index (κ3) is 4.34. The van der Waals surface area contributed by atoms with E-state index < -0.39 is 5.54 Å². The summed E-state index contributed by atoms with van der Waals surface area (Å²) in [5.74, 6) is 0.0280. The van der Waals surface area contributed by atoms with E-state index in [-0.39, 0.29) is 17.2 Å². The summed E-state index contributed by atoms with van der Waals surface area (Å²) in [4.78, 5) is 26.7. The molecule has 1 heterocycles. The molecular weight excluding hydrogens is 288 g/mol. The van der Waals surface area contributed by atoms with Gasteiger partial charge in [-0.05, 0) is 30.7 Å². The zero-order valence-electron chi connectivity index (χ0n) is 14.7. The van der Waals surface area contributed by atoms with Crippen molar-refractivity contribution in [2.24, 2.45) is 5.41 Å². The first-order valence-corrected chi connectivity index (χ1v) is 8.35. The average Bonchev–Trinajstić information content (AvgIpc) is 2.49. The Kier molecular flexibility index (Phi) is 5.12. The maximum atomic E-state index is 12.5. The molecule has 2 amide bonds. The molecule has 1 N–H and O–H groups in total. The second kappa shape index (κ2) is 6.73. The normalized spacial score (nSPS) is 20.8. The van der Waals surface area contributed by atoms with Crippen LogP contribution >= 0.6 is 0 Å². The van der Waals surface area contributed by atoms with Gasteiger partial charge in [-0.2, -0.15) is 0 Å². The first-order chi connectivity index (χ1) is 10.7. The van der Waals surface area contributed by atoms with E-state index in [0.29, 0.717) is 19.5 Å². The Balaban J connectivity index is 1.89. The van der Waals surface area contributed by atoms with Crippen molar-refractivity contribution in [2.45, 2.75) is 52.5 Å². The Labute approximate surface area is 139 Å². The van der Waals surface area contributed by atoms with Gasteiger partial charge in [-0.3, -0.25) is 9.59 Å². The first kappa shape index (κ1) is 17.5. The van der Waals surface area contributed by atoms with Crippen molar-refractivity contribution in [3.8, 4) is 0 Å². The van der Waals surface area contributed by atoms with Crippen LogP contribution in [0.1, 0.15) is 46.1 Å². The van der Waals surface area contributed by atoms with Gasteiger partial charge in [-0.15, -0.1) is 0 Å². The SMILES string of the molecule is CC(C)(C)CNC(=O)C1(C)CCN1C(=O)CCc1ccccc1. The number of nitrogens with one attached hydrogen (secondary N) is 1. The Hall–Kier alpha value is -1.84. The number of rotatable bonds is 5. The molecule has 0 aliphatic carbocycles. The van der Waals surface area contributed by atoms with Crippen molar-refractivity contribution in [2.75, 3.05) is 13.1 Å². The third-order valence-corrected chi connectivity index (χ3v) is 4.46. The van der Waals surface area contributed by atoms with Crippen molar-refractivity contribution in [3.05, 3.63) is 35.9 Å². The van der Waals surface area contributed by atoms with Gasteiger partial charge in [0.05, 0.1) is 0 Å². The lowest BCUT2D eigenvalue weighted by Gasteiger charge is -2.49. The summed E-state index contributed by atoms with van der Waals surface area (Å²) in [6.07, 6.45) is 1.90. The van der Waals surface area contributed by atoms with Crippen LogP contribution in [-0.4, -0.2) is 35.3 Å². The van der Waals surface area contributed by atoms with Crippen LogP contribution in [0.25, 0.3) is 0 Å². The maximum Gasteiger partial charge on any atom is 0.245 e. The highest BCUT2D eigenvalue weighted by molar-refractivity contribution is 5.92. The number of carbonyl (C=O) groups excluding carboxylic acids is 2. The molecule has 1 unspecified atom stereocenters. The number of hydrogen-bond donors (Lipinski definition) is 1. The van der Waals surface area contributed by atoms with Gasteiger partial charge < -0.3 is 10.2 Å². The largest absolute Gasteiger partial charge is 0.354 e. The van der Waals surface area contributed by atoms with E-state index in [2.05, 4.69) is 26.1 Å². The minimum atomic E-state index is -0.682. The van der Waals surface area contributed by atoms with Crippen LogP contribution in [0, 0.1) is 5.41 Å². The van der Waals surface area contributed by atoms with Crippen molar-refractivity contribution in [1.82, 2.24) is 10.2 Å². The average molecular weight is 316 g/mol. The van der Waals surface area contributed by atoms with Crippen LogP contribution in [0.4, 0.5) is 0 Å². The van der Waals surface area contributed by atoms with Crippen LogP contribution in [0.5, 0.6) is 0 Å². The molecule has 4 heteroatoms. The fourth-order valence-corrected chi connectivity index (χ4v) is 2.76. The van der Waals surface area contributed by atoms with Crippen LogP contribution in [0.3, 0.4) is 0 Å². The Bertz CT molecular complexity index is 562. The molecule has 1 atom stereocenters. The highest BCUT2D eigenvalue weighted by Gasteiger charge is 2.49. The summed E-state index contributed by atoms with van der Waals surface area (Å²) >= 11 is 0. The summed E-state index contributed by atoms with van der Waals surface area (Å²) in [6.45, 7) is 9.41. The Morgan fingerprint density at radius 1 is 1.22 bits per heavy atom. The second-order valence-electron chi connectivity index (χ2n) is 7.80. The van der Waals surface area contributed by atoms with Gasteiger partial charge in [0, 0.05) is 19.5 Å².